The standard InChI is InChI=1S/C24H21ClN2O4/c1-16(28)31-22-7-3-5-19(14-22)24(30)27-21-10-8-17(9-11-21)15-26-23(29)13-18-4-2-6-20(25)12-18/h2-12,14H,13,15H2,1H3,(H,26,29)(H,27,30). The number of carbonyl (C=O) groups excluding carboxylic acids is 3. The second-order valence-corrected chi connectivity index (χ2v) is 7.29. The number of halogens is 1. The third kappa shape index (κ3) is 6.97. The van der Waals surface area contributed by atoms with E-state index in [1.807, 2.05) is 24.3 Å². The summed E-state index contributed by atoms with van der Waals surface area (Å²) >= 11 is 5.94. The van der Waals surface area contributed by atoms with E-state index in [1.54, 1.807) is 42.5 Å². The van der Waals surface area contributed by atoms with Crippen molar-refractivity contribution in [1.82, 2.24) is 5.32 Å². The molecule has 0 unspecified atom stereocenters. The fraction of sp³-hybridized carbons (Fsp3) is 0.125. The van der Waals surface area contributed by atoms with Gasteiger partial charge < -0.3 is 15.4 Å². The third-order valence-electron chi connectivity index (χ3n) is 4.31. The van der Waals surface area contributed by atoms with Crippen molar-refractivity contribution in [3.63, 3.8) is 0 Å². The average molecular weight is 437 g/mol. The van der Waals surface area contributed by atoms with E-state index in [2.05, 4.69) is 10.6 Å². The molecule has 0 heterocycles. The highest BCUT2D eigenvalue weighted by molar-refractivity contribution is 6.30. The summed E-state index contributed by atoms with van der Waals surface area (Å²) in [5.74, 6) is -0.569. The van der Waals surface area contributed by atoms with Gasteiger partial charge in [-0.25, -0.2) is 0 Å². The largest absolute Gasteiger partial charge is 0.427 e. The molecule has 3 aromatic rings. The van der Waals surface area contributed by atoms with Gasteiger partial charge in [0.1, 0.15) is 5.75 Å². The van der Waals surface area contributed by atoms with Crippen LogP contribution >= 0.6 is 11.6 Å². The molecule has 0 aliphatic heterocycles. The Bertz CT molecular complexity index is 1100. The van der Waals surface area contributed by atoms with Crippen LogP contribution in [-0.2, 0) is 22.6 Å². The van der Waals surface area contributed by atoms with Gasteiger partial charge >= 0.3 is 5.97 Å². The van der Waals surface area contributed by atoms with Gasteiger partial charge in [-0.1, -0.05) is 41.9 Å². The zero-order chi connectivity index (χ0) is 22.2. The van der Waals surface area contributed by atoms with Gasteiger partial charge in [-0.2, -0.15) is 0 Å². The Kier molecular flexibility index (Phi) is 7.40. The minimum absolute atomic E-state index is 0.104. The quantitative estimate of drug-likeness (QED) is 0.425. The van der Waals surface area contributed by atoms with E-state index in [4.69, 9.17) is 16.3 Å². The number of rotatable bonds is 7. The predicted molar refractivity (Wildman–Crippen MR) is 119 cm³/mol. The highest BCUT2D eigenvalue weighted by Crippen LogP contribution is 2.16. The van der Waals surface area contributed by atoms with Gasteiger partial charge in [0.2, 0.25) is 5.91 Å². The number of amides is 2. The fourth-order valence-electron chi connectivity index (χ4n) is 2.87. The minimum atomic E-state index is -0.451. The number of hydrogen-bond acceptors (Lipinski definition) is 4. The summed E-state index contributed by atoms with van der Waals surface area (Å²) in [5, 5.41) is 6.25. The third-order valence-corrected chi connectivity index (χ3v) is 4.55. The summed E-state index contributed by atoms with van der Waals surface area (Å²) in [6.45, 7) is 1.67. The van der Waals surface area contributed by atoms with Gasteiger partial charge in [0.25, 0.3) is 5.91 Å². The SMILES string of the molecule is CC(=O)Oc1cccc(C(=O)Nc2ccc(CNC(=O)Cc3cccc(Cl)c3)cc2)c1. The number of ether oxygens (including phenoxy) is 1. The summed E-state index contributed by atoms with van der Waals surface area (Å²) in [6, 6.07) is 20.7. The number of carbonyl (C=O) groups is 3. The smallest absolute Gasteiger partial charge is 0.308 e. The molecule has 0 spiro atoms. The van der Waals surface area contributed by atoms with Gasteiger partial charge in [-0.3, -0.25) is 14.4 Å². The molecule has 7 heteroatoms. The lowest BCUT2D eigenvalue weighted by Gasteiger charge is -2.09. The lowest BCUT2D eigenvalue weighted by atomic mass is 10.1. The van der Waals surface area contributed by atoms with Crippen LogP contribution in [0.1, 0.15) is 28.4 Å². The fourth-order valence-corrected chi connectivity index (χ4v) is 3.08. The summed E-state index contributed by atoms with van der Waals surface area (Å²) in [6.07, 6.45) is 0.251. The Morgan fingerprint density at radius 2 is 1.65 bits per heavy atom. The molecule has 0 saturated carbocycles. The molecule has 0 bridgehead atoms. The van der Waals surface area contributed by atoms with Crippen LogP contribution in [0, 0.1) is 0 Å². The van der Waals surface area contributed by atoms with Crippen LogP contribution in [-0.4, -0.2) is 17.8 Å². The molecular weight excluding hydrogens is 416 g/mol. The summed E-state index contributed by atoms with van der Waals surface area (Å²) < 4.78 is 5.00. The normalized spacial score (nSPS) is 10.3. The van der Waals surface area contributed by atoms with Crippen LogP contribution in [0.25, 0.3) is 0 Å². The first kappa shape index (κ1) is 22.1. The topological polar surface area (TPSA) is 84.5 Å². The van der Waals surface area contributed by atoms with Crippen molar-refractivity contribution in [3.05, 3.63) is 94.5 Å². The zero-order valence-electron chi connectivity index (χ0n) is 16.9. The lowest BCUT2D eigenvalue weighted by Crippen LogP contribution is -2.24. The predicted octanol–water partition coefficient (Wildman–Crippen LogP) is 4.38. The van der Waals surface area contributed by atoms with Crippen molar-refractivity contribution < 1.29 is 19.1 Å². The monoisotopic (exact) mass is 436 g/mol. The van der Waals surface area contributed by atoms with E-state index < -0.39 is 5.97 Å². The van der Waals surface area contributed by atoms with Crippen LogP contribution in [0.3, 0.4) is 0 Å². The van der Waals surface area contributed by atoms with Crippen molar-refractivity contribution in [2.24, 2.45) is 0 Å². The first-order chi connectivity index (χ1) is 14.9. The molecule has 0 atom stereocenters. The molecular formula is C24H21ClN2O4. The molecule has 2 N–H and O–H groups in total. The van der Waals surface area contributed by atoms with Gasteiger partial charge in [-0.15, -0.1) is 0 Å². The Balaban J connectivity index is 1.52. The van der Waals surface area contributed by atoms with E-state index in [0.717, 1.165) is 11.1 Å². The number of benzene rings is 3. The van der Waals surface area contributed by atoms with Gasteiger partial charge in [0, 0.05) is 29.7 Å². The molecule has 158 valence electrons. The first-order valence-electron chi connectivity index (χ1n) is 9.59. The zero-order valence-corrected chi connectivity index (χ0v) is 17.6. The van der Waals surface area contributed by atoms with Crippen molar-refractivity contribution in [2.45, 2.75) is 19.9 Å². The molecule has 0 aliphatic carbocycles. The second-order valence-electron chi connectivity index (χ2n) is 6.86. The molecule has 2 amide bonds. The van der Waals surface area contributed by atoms with Gasteiger partial charge in [0.05, 0.1) is 6.42 Å². The van der Waals surface area contributed by atoms with Gasteiger partial charge in [-0.05, 0) is 53.6 Å². The molecule has 0 aromatic heterocycles. The summed E-state index contributed by atoms with van der Waals surface area (Å²) in [7, 11) is 0. The Morgan fingerprint density at radius 1 is 0.903 bits per heavy atom. The molecule has 0 radical (unpaired) electrons. The van der Waals surface area contributed by atoms with Crippen LogP contribution < -0.4 is 15.4 Å². The Morgan fingerprint density at radius 3 is 2.35 bits per heavy atom. The molecule has 3 aromatic carbocycles. The molecule has 3 rings (SSSR count). The Labute approximate surface area is 185 Å². The first-order valence-corrected chi connectivity index (χ1v) is 9.97. The molecule has 0 fully saturated rings. The van der Waals surface area contributed by atoms with Crippen molar-refractivity contribution >= 4 is 35.1 Å². The van der Waals surface area contributed by atoms with Crippen molar-refractivity contribution in [2.75, 3.05) is 5.32 Å². The molecule has 0 aliphatic rings. The second kappa shape index (κ2) is 10.4. The number of esters is 1. The minimum Gasteiger partial charge on any atom is -0.427 e. The van der Waals surface area contributed by atoms with Crippen LogP contribution in [0.5, 0.6) is 5.75 Å². The van der Waals surface area contributed by atoms with Gasteiger partial charge in [0.15, 0.2) is 0 Å². The molecule has 6 nitrogen and oxygen atoms in total. The molecule has 31 heavy (non-hydrogen) atoms. The highest BCUT2D eigenvalue weighted by Gasteiger charge is 2.09. The maximum atomic E-state index is 12.4. The number of hydrogen-bond donors (Lipinski definition) is 2. The maximum absolute atomic E-state index is 12.4. The highest BCUT2D eigenvalue weighted by atomic mass is 35.5. The average Bonchev–Trinajstić information content (AvgIpc) is 2.73. The maximum Gasteiger partial charge on any atom is 0.308 e. The van der Waals surface area contributed by atoms with E-state index in [-0.39, 0.29) is 18.2 Å². The lowest BCUT2D eigenvalue weighted by molar-refractivity contribution is -0.131. The van der Waals surface area contributed by atoms with E-state index in [9.17, 15) is 14.4 Å². The van der Waals surface area contributed by atoms with Crippen LogP contribution in [0.4, 0.5) is 5.69 Å². The van der Waals surface area contributed by atoms with E-state index >= 15 is 0 Å². The summed E-state index contributed by atoms with van der Waals surface area (Å²) in [5.41, 5.74) is 2.73. The summed E-state index contributed by atoms with van der Waals surface area (Å²) in [4.78, 5) is 35.6. The number of nitrogens with one attached hydrogen (secondary N) is 2. The van der Waals surface area contributed by atoms with Crippen LogP contribution in [0.15, 0.2) is 72.8 Å². The van der Waals surface area contributed by atoms with E-state index in [0.29, 0.717) is 28.6 Å². The van der Waals surface area contributed by atoms with Crippen molar-refractivity contribution in [3.8, 4) is 5.75 Å². The number of anilines is 1. The molecule has 0 saturated heterocycles. The Hall–Kier alpha value is -3.64. The van der Waals surface area contributed by atoms with E-state index in [1.165, 1.54) is 13.0 Å². The van der Waals surface area contributed by atoms with Crippen LogP contribution in [0.2, 0.25) is 5.02 Å². The van der Waals surface area contributed by atoms with Crippen molar-refractivity contribution in [1.29, 1.82) is 0 Å².